The molecule has 28 heavy (non-hydrogen) atoms. The van der Waals surface area contributed by atoms with Gasteiger partial charge in [0.2, 0.25) is 15.9 Å². The molecule has 2 aromatic carbocycles. The number of benzene rings is 2. The van der Waals surface area contributed by atoms with Gasteiger partial charge in [-0.15, -0.1) is 0 Å². The number of ether oxygens (including phenoxy) is 2. The van der Waals surface area contributed by atoms with Gasteiger partial charge in [0.25, 0.3) is 0 Å². The zero-order chi connectivity index (χ0) is 19.6. The molecule has 0 unspecified atom stereocenters. The van der Waals surface area contributed by atoms with E-state index < -0.39 is 10.0 Å². The Morgan fingerprint density at radius 1 is 1.07 bits per heavy atom. The van der Waals surface area contributed by atoms with Crippen molar-refractivity contribution in [1.82, 2.24) is 5.32 Å². The SMILES string of the molecule is O=C(Cc1ccc2c(c1)OCCO2)NCCS(=O)(=O)N1CCc2ccccc21. The van der Waals surface area contributed by atoms with Gasteiger partial charge in [-0.2, -0.15) is 0 Å². The normalized spacial score (nSPS) is 15.2. The van der Waals surface area contributed by atoms with Crippen LogP contribution in [-0.4, -0.2) is 46.4 Å². The third-order valence-electron chi connectivity index (χ3n) is 4.83. The molecule has 0 fully saturated rings. The van der Waals surface area contributed by atoms with Crippen molar-refractivity contribution < 1.29 is 22.7 Å². The van der Waals surface area contributed by atoms with Gasteiger partial charge in [-0.25, -0.2) is 8.42 Å². The molecule has 0 saturated heterocycles. The molecule has 4 rings (SSSR count). The molecule has 0 bridgehead atoms. The van der Waals surface area contributed by atoms with Crippen LogP contribution >= 0.6 is 0 Å². The quantitative estimate of drug-likeness (QED) is 0.792. The van der Waals surface area contributed by atoms with E-state index in [-0.39, 0.29) is 24.6 Å². The second-order valence-corrected chi connectivity index (χ2v) is 8.78. The summed E-state index contributed by atoms with van der Waals surface area (Å²) in [5.74, 6) is 0.946. The standard InChI is InChI=1S/C20H22N2O5S/c23-20(14-15-5-6-18-19(13-15)27-11-10-26-18)21-8-12-28(24,25)22-9-7-16-3-1-2-4-17(16)22/h1-6,13H,7-12,14H2,(H,21,23). The maximum absolute atomic E-state index is 12.6. The summed E-state index contributed by atoms with van der Waals surface area (Å²) in [6, 6.07) is 12.9. The highest BCUT2D eigenvalue weighted by Crippen LogP contribution is 2.31. The summed E-state index contributed by atoms with van der Waals surface area (Å²) in [5, 5.41) is 2.70. The Bertz CT molecular complexity index is 990. The number of anilines is 1. The molecular formula is C20H22N2O5S. The summed E-state index contributed by atoms with van der Waals surface area (Å²) in [7, 11) is -3.47. The lowest BCUT2D eigenvalue weighted by Crippen LogP contribution is -2.37. The number of carbonyl (C=O) groups excluding carboxylic acids is 1. The van der Waals surface area contributed by atoms with Crippen LogP contribution in [0, 0.1) is 0 Å². The van der Waals surface area contributed by atoms with Gasteiger partial charge in [-0.1, -0.05) is 24.3 Å². The summed E-state index contributed by atoms with van der Waals surface area (Å²) in [4.78, 5) is 12.2. The van der Waals surface area contributed by atoms with E-state index in [4.69, 9.17) is 9.47 Å². The van der Waals surface area contributed by atoms with Crippen LogP contribution in [0.4, 0.5) is 5.69 Å². The van der Waals surface area contributed by atoms with E-state index in [1.165, 1.54) is 4.31 Å². The lowest BCUT2D eigenvalue weighted by Gasteiger charge is -2.20. The average molecular weight is 402 g/mol. The Labute approximate surface area is 164 Å². The van der Waals surface area contributed by atoms with Gasteiger partial charge >= 0.3 is 0 Å². The molecule has 2 aromatic rings. The van der Waals surface area contributed by atoms with E-state index in [0.717, 1.165) is 16.8 Å². The topological polar surface area (TPSA) is 84.9 Å². The number of carbonyl (C=O) groups is 1. The third kappa shape index (κ3) is 3.91. The molecule has 0 spiro atoms. The van der Waals surface area contributed by atoms with E-state index in [2.05, 4.69) is 5.32 Å². The molecule has 148 valence electrons. The number of rotatable bonds is 6. The lowest BCUT2D eigenvalue weighted by atomic mass is 10.1. The van der Waals surface area contributed by atoms with E-state index >= 15 is 0 Å². The van der Waals surface area contributed by atoms with Crippen molar-refractivity contribution in [2.45, 2.75) is 12.8 Å². The fraction of sp³-hybridized carbons (Fsp3) is 0.350. The molecule has 2 heterocycles. The van der Waals surface area contributed by atoms with Gasteiger partial charge in [-0.05, 0) is 35.7 Å². The van der Waals surface area contributed by atoms with Crippen LogP contribution < -0.4 is 19.1 Å². The zero-order valence-electron chi connectivity index (χ0n) is 15.4. The van der Waals surface area contributed by atoms with Gasteiger partial charge in [0.1, 0.15) is 13.2 Å². The average Bonchev–Trinajstić information content (AvgIpc) is 3.13. The molecule has 0 aromatic heterocycles. The minimum absolute atomic E-state index is 0.0738. The monoisotopic (exact) mass is 402 g/mol. The van der Waals surface area contributed by atoms with Crippen molar-refractivity contribution in [3.05, 3.63) is 53.6 Å². The number of hydrogen-bond donors (Lipinski definition) is 1. The van der Waals surface area contributed by atoms with Gasteiger partial charge in [0, 0.05) is 13.1 Å². The number of nitrogens with one attached hydrogen (secondary N) is 1. The van der Waals surface area contributed by atoms with Crippen molar-refractivity contribution in [2.24, 2.45) is 0 Å². The fourth-order valence-corrected chi connectivity index (χ4v) is 4.90. The van der Waals surface area contributed by atoms with Crippen LogP contribution in [-0.2, 0) is 27.7 Å². The minimum Gasteiger partial charge on any atom is -0.486 e. The molecule has 0 aliphatic carbocycles. The second kappa shape index (κ2) is 7.71. The Balaban J connectivity index is 1.31. The Hall–Kier alpha value is -2.74. The summed E-state index contributed by atoms with van der Waals surface area (Å²) >= 11 is 0. The van der Waals surface area contributed by atoms with Gasteiger partial charge in [-0.3, -0.25) is 9.10 Å². The highest BCUT2D eigenvalue weighted by atomic mass is 32.2. The number of amides is 1. The van der Waals surface area contributed by atoms with Crippen LogP contribution in [0.15, 0.2) is 42.5 Å². The van der Waals surface area contributed by atoms with Gasteiger partial charge in [0.05, 0.1) is 17.9 Å². The van der Waals surface area contributed by atoms with Crippen molar-refractivity contribution in [1.29, 1.82) is 0 Å². The molecule has 0 radical (unpaired) electrons. The minimum atomic E-state index is -3.47. The molecule has 1 N–H and O–H groups in total. The van der Waals surface area contributed by atoms with E-state index in [0.29, 0.717) is 37.7 Å². The second-order valence-electron chi connectivity index (χ2n) is 6.77. The van der Waals surface area contributed by atoms with Crippen LogP contribution in [0.3, 0.4) is 0 Å². The number of para-hydroxylation sites is 1. The van der Waals surface area contributed by atoms with Crippen molar-refractivity contribution >= 4 is 21.6 Å². The largest absolute Gasteiger partial charge is 0.486 e. The highest BCUT2D eigenvalue weighted by Gasteiger charge is 2.28. The van der Waals surface area contributed by atoms with Crippen molar-refractivity contribution in [2.75, 3.05) is 36.4 Å². The van der Waals surface area contributed by atoms with Gasteiger partial charge < -0.3 is 14.8 Å². The zero-order valence-corrected chi connectivity index (χ0v) is 16.2. The smallest absolute Gasteiger partial charge is 0.236 e. The number of fused-ring (bicyclic) bond motifs is 2. The number of hydrogen-bond acceptors (Lipinski definition) is 5. The molecule has 0 saturated carbocycles. The Morgan fingerprint density at radius 3 is 2.71 bits per heavy atom. The summed E-state index contributed by atoms with van der Waals surface area (Å²) < 4.78 is 37.7. The first-order valence-corrected chi connectivity index (χ1v) is 10.9. The Morgan fingerprint density at radius 2 is 1.86 bits per heavy atom. The Kier molecular flexibility index (Phi) is 5.13. The summed E-state index contributed by atoms with van der Waals surface area (Å²) in [6.45, 7) is 1.53. The lowest BCUT2D eigenvalue weighted by molar-refractivity contribution is -0.120. The molecule has 2 aliphatic rings. The van der Waals surface area contributed by atoms with E-state index in [1.807, 2.05) is 30.3 Å². The van der Waals surface area contributed by atoms with Gasteiger partial charge in [0.15, 0.2) is 11.5 Å². The van der Waals surface area contributed by atoms with E-state index in [9.17, 15) is 13.2 Å². The molecule has 1 amide bonds. The van der Waals surface area contributed by atoms with Crippen LogP contribution in [0.25, 0.3) is 0 Å². The molecular weight excluding hydrogens is 380 g/mol. The highest BCUT2D eigenvalue weighted by molar-refractivity contribution is 7.92. The van der Waals surface area contributed by atoms with E-state index in [1.54, 1.807) is 12.1 Å². The molecule has 2 aliphatic heterocycles. The fourth-order valence-electron chi connectivity index (χ4n) is 3.47. The van der Waals surface area contributed by atoms with Crippen molar-refractivity contribution in [3.63, 3.8) is 0 Å². The predicted octanol–water partition coefficient (Wildman–Crippen LogP) is 1.51. The molecule has 7 nitrogen and oxygen atoms in total. The van der Waals surface area contributed by atoms with Crippen LogP contribution in [0.2, 0.25) is 0 Å². The van der Waals surface area contributed by atoms with Crippen molar-refractivity contribution in [3.8, 4) is 11.5 Å². The molecule has 8 heteroatoms. The first-order chi connectivity index (χ1) is 13.5. The third-order valence-corrected chi connectivity index (χ3v) is 6.60. The number of nitrogens with zero attached hydrogens (tertiary/aromatic N) is 1. The predicted molar refractivity (Wildman–Crippen MR) is 105 cm³/mol. The van der Waals surface area contributed by atoms with Crippen LogP contribution in [0.5, 0.6) is 11.5 Å². The summed E-state index contributed by atoms with van der Waals surface area (Å²) in [5.41, 5.74) is 2.57. The first kappa shape index (κ1) is 18.6. The maximum Gasteiger partial charge on any atom is 0.236 e. The molecule has 0 atom stereocenters. The summed E-state index contributed by atoms with van der Waals surface area (Å²) in [6.07, 6.45) is 0.870. The number of sulfonamides is 1. The first-order valence-electron chi connectivity index (χ1n) is 9.26. The van der Waals surface area contributed by atoms with Crippen LogP contribution in [0.1, 0.15) is 11.1 Å². The maximum atomic E-state index is 12.6.